The lowest BCUT2D eigenvalue weighted by molar-refractivity contribution is -0.131. The fraction of sp³-hybridized carbons (Fsp3) is 0.571. The van der Waals surface area contributed by atoms with Gasteiger partial charge in [0.2, 0.25) is 5.91 Å². The molecule has 7 heteroatoms. The van der Waals surface area contributed by atoms with Crippen molar-refractivity contribution in [2.24, 2.45) is 0 Å². The van der Waals surface area contributed by atoms with E-state index in [1.165, 1.54) is 17.7 Å². The van der Waals surface area contributed by atoms with Gasteiger partial charge in [-0.05, 0) is 62.8 Å². The van der Waals surface area contributed by atoms with Gasteiger partial charge in [0.1, 0.15) is 11.3 Å². The molecule has 4 rings (SSSR count). The number of anilines is 1. The summed E-state index contributed by atoms with van der Waals surface area (Å²) < 4.78 is 5.92. The Kier molecular flexibility index (Phi) is 5.24. The summed E-state index contributed by atoms with van der Waals surface area (Å²) in [6, 6.07) is 6.95. The lowest BCUT2D eigenvalue weighted by Gasteiger charge is -2.19. The molecule has 3 aliphatic rings. The minimum atomic E-state index is -0.720. The minimum Gasteiger partial charge on any atom is -0.490 e. The first-order valence-electron chi connectivity index (χ1n) is 10.3. The second-order valence-electron chi connectivity index (χ2n) is 8.02. The Labute approximate surface area is 164 Å². The van der Waals surface area contributed by atoms with Crippen molar-refractivity contribution in [1.29, 1.82) is 0 Å². The summed E-state index contributed by atoms with van der Waals surface area (Å²) in [6.07, 6.45) is 8.29. The van der Waals surface area contributed by atoms with Crippen LogP contribution in [0.4, 0.5) is 10.5 Å². The molecular weight excluding hydrogens is 358 g/mol. The number of hydrogen-bond acceptors (Lipinski definition) is 4. The van der Waals surface area contributed by atoms with Crippen LogP contribution in [-0.4, -0.2) is 40.9 Å². The van der Waals surface area contributed by atoms with Crippen molar-refractivity contribution in [3.05, 3.63) is 24.3 Å². The van der Waals surface area contributed by atoms with Crippen molar-refractivity contribution < 1.29 is 19.1 Å². The van der Waals surface area contributed by atoms with E-state index in [0.29, 0.717) is 24.6 Å². The first kappa shape index (κ1) is 18.8. The number of nitrogens with zero attached hydrogens (tertiary/aromatic N) is 1. The maximum atomic E-state index is 12.6. The highest BCUT2D eigenvalue weighted by Crippen LogP contribution is 2.35. The molecule has 7 nitrogen and oxygen atoms in total. The number of ether oxygens (including phenoxy) is 1. The summed E-state index contributed by atoms with van der Waals surface area (Å²) in [5, 5.41) is 5.64. The Hall–Kier alpha value is -2.57. The van der Waals surface area contributed by atoms with Crippen LogP contribution in [0.25, 0.3) is 0 Å². The topological polar surface area (TPSA) is 87.7 Å². The van der Waals surface area contributed by atoms with E-state index in [1.54, 1.807) is 0 Å². The van der Waals surface area contributed by atoms with Gasteiger partial charge in [0, 0.05) is 18.7 Å². The molecule has 1 aromatic carbocycles. The maximum absolute atomic E-state index is 12.6. The predicted octanol–water partition coefficient (Wildman–Crippen LogP) is 3.20. The lowest BCUT2D eigenvalue weighted by Crippen LogP contribution is -2.44. The van der Waals surface area contributed by atoms with Crippen molar-refractivity contribution in [2.45, 2.75) is 69.4 Å². The Bertz CT molecular complexity index is 749. The number of amides is 4. The third-order valence-electron chi connectivity index (χ3n) is 6.01. The van der Waals surface area contributed by atoms with Gasteiger partial charge in [-0.15, -0.1) is 0 Å². The molecule has 150 valence electrons. The minimum absolute atomic E-state index is 0.0789. The molecule has 4 amide bonds. The molecule has 1 saturated heterocycles. The van der Waals surface area contributed by atoms with E-state index >= 15 is 0 Å². The number of urea groups is 1. The first-order valence-corrected chi connectivity index (χ1v) is 10.3. The van der Waals surface area contributed by atoms with Gasteiger partial charge in [-0.2, -0.15) is 0 Å². The van der Waals surface area contributed by atoms with E-state index in [-0.39, 0.29) is 30.8 Å². The first-order chi connectivity index (χ1) is 13.6. The molecule has 2 saturated carbocycles. The third-order valence-corrected chi connectivity index (χ3v) is 6.01. The van der Waals surface area contributed by atoms with Crippen LogP contribution in [0.1, 0.15) is 57.8 Å². The Morgan fingerprint density at radius 1 is 1.11 bits per heavy atom. The summed E-state index contributed by atoms with van der Waals surface area (Å²) in [4.78, 5) is 38.2. The zero-order valence-corrected chi connectivity index (χ0v) is 16.0. The average molecular weight is 385 g/mol. The quantitative estimate of drug-likeness (QED) is 0.736. The van der Waals surface area contributed by atoms with Crippen molar-refractivity contribution >= 4 is 23.5 Å². The SMILES string of the molecule is O=C(CCN1C(=O)NC2(CCCC2)C1=O)Nc1ccc(OC2CCCC2)cc1. The highest BCUT2D eigenvalue weighted by molar-refractivity contribution is 6.07. The second-order valence-corrected chi connectivity index (χ2v) is 8.02. The molecule has 0 bridgehead atoms. The summed E-state index contributed by atoms with van der Waals surface area (Å²) in [7, 11) is 0. The molecule has 3 fully saturated rings. The monoisotopic (exact) mass is 385 g/mol. The summed E-state index contributed by atoms with van der Waals surface area (Å²) in [5.41, 5.74) is -0.0452. The Morgan fingerprint density at radius 3 is 2.46 bits per heavy atom. The van der Waals surface area contributed by atoms with Crippen molar-refractivity contribution in [3.63, 3.8) is 0 Å². The highest BCUT2D eigenvalue weighted by atomic mass is 16.5. The third kappa shape index (κ3) is 3.84. The largest absolute Gasteiger partial charge is 0.490 e. The van der Waals surface area contributed by atoms with Crippen LogP contribution in [-0.2, 0) is 9.59 Å². The van der Waals surface area contributed by atoms with Gasteiger partial charge in [-0.25, -0.2) is 4.79 Å². The van der Waals surface area contributed by atoms with Crippen LogP contribution in [0.5, 0.6) is 5.75 Å². The number of hydrogen-bond donors (Lipinski definition) is 2. The van der Waals surface area contributed by atoms with E-state index in [1.807, 2.05) is 24.3 Å². The molecule has 2 aliphatic carbocycles. The summed E-state index contributed by atoms with van der Waals surface area (Å²) in [5.74, 6) is 0.403. The number of benzene rings is 1. The van der Waals surface area contributed by atoms with Gasteiger partial charge in [0.05, 0.1) is 6.10 Å². The van der Waals surface area contributed by atoms with Crippen LogP contribution in [0.3, 0.4) is 0 Å². The van der Waals surface area contributed by atoms with Gasteiger partial charge in [-0.1, -0.05) is 12.8 Å². The molecular formula is C21H27N3O4. The van der Waals surface area contributed by atoms with Crippen molar-refractivity contribution in [1.82, 2.24) is 10.2 Å². The van der Waals surface area contributed by atoms with Crippen LogP contribution in [0, 0.1) is 0 Å². The smallest absolute Gasteiger partial charge is 0.325 e. The highest BCUT2D eigenvalue weighted by Gasteiger charge is 2.52. The van der Waals surface area contributed by atoms with Crippen LogP contribution in [0.2, 0.25) is 0 Å². The van der Waals surface area contributed by atoms with Crippen molar-refractivity contribution in [2.75, 3.05) is 11.9 Å². The van der Waals surface area contributed by atoms with Crippen LogP contribution in [0.15, 0.2) is 24.3 Å². The maximum Gasteiger partial charge on any atom is 0.325 e. The predicted molar refractivity (Wildman–Crippen MR) is 104 cm³/mol. The lowest BCUT2D eigenvalue weighted by atomic mass is 9.98. The molecule has 2 N–H and O–H groups in total. The molecule has 28 heavy (non-hydrogen) atoms. The standard InChI is InChI=1S/C21H27N3O4/c25-18(11-14-24-19(26)21(23-20(24)27)12-3-4-13-21)22-15-7-9-17(10-8-15)28-16-5-1-2-6-16/h7-10,16H,1-6,11-14H2,(H,22,25)(H,23,27). The van der Waals surface area contributed by atoms with E-state index in [0.717, 1.165) is 31.4 Å². The summed E-state index contributed by atoms with van der Waals surface area (Å²) in [6.45, 7) is 0.0983. The van der Waals surface area contributed by atoms with Crippen molar-refractivity contribution in [3.8, 4) is 5.75 Å². The number of nitrogens with one attached hydrogen (secondary N) is 2. The number of carbonyl (C=O) groups is 3. The van der Waals surface area contributed by atoms with Crippen LogP contribution < -0.4 is 15.4 Å². The second kappa shape index (κ2) is 7.81. The molecule has 1 aliphatic heterocycles. The molecule has 1 aromatic rings. The molecule has 0 aromatic heterocycles. The van der Waals surface area contributed by atoms with E-state index < -0.39 is 5.54 Å². The molecule has 1 heterocycles. The zero-order valence-electron chi connectivity index (χ0n) is 16.0. The number of imide groups is 1. The van der Waals surface area contributed by atoms with Crippen LogP contribution >= 0.6 is 0 Å². The van der Waals surface area contributed by atoms with Gasteiger partial charge < -0.3 is 15.4 Å². The summed E-state index contributed by atoms with van der Waals surface area (Å²) >= 11 is 0. The number of rotatable bonds is 6. The Morgan fingerprint density at radius 2 is 1.79 bits per heavy atom. The van der Waals surface area contributed by atoms with Gasteiger partial charge in [0.15, 0.2) is 0 Å². The fourth-order valence-corrected chi connectivity index (χ4v) is 4.45. The van der Waals surface area contributed by atoms with E-state index in [9.17, 15) is 14.4 Å². The molecule has 1 spiro atoms. The molecule has 0 unspecified atom stereocenters. The van der Waals surface area contributed by atoms with Gasteiger partial charge >= 0.3 is 6.03 Å². The molecule has 0 atom stereocenters. The van der Waals surface area contributed by atoms with Gasteiger partial charge in [-0.3, -0.25) is 14.5 Å². The normalized spacial score (nSPS) is 21.4. The fourth-order valence-electron chi connectivity index (χ4n) is 4.45. The zero-order chi connectivity index (χ0) is 19.6. The van der Waals surface area contributed by atoms with E-state index in [2.05, 4.69) is 10.6 Å². The Balaban J connectivity index is 1.26. The molecule has 0 radical (unpaired) electrons. The van der Waals surface area contributed by atoms with Gasteiger partial charge in [0.25, 0.3) is 5.91 Å². The number of carbonyl (C=O) groups excluding carboxylic acids is 3. The average Bonchev–Trinajstić information content (AvgIpc) is 3.40. The van der Waals surface area contributed by atoms with E-state index in [4.69, 9.17) is 4.74 Å².